The van der Waals surface area contributed by atoms with Gasteiger partial charge in [0, 0.05) is 0 Å². The Hall–Kier alpha value is -0.830. The van der Waals surface area contributed by atoms with E-state index in [2.05, 4.69) is 18.3 Å². The van der Waals surface area contributed by atoms with E-state index in [1.165, 1.54) is 6.92 Å². The van der Waals surface area contributed by atoms with Gasteiger partial charge in [0.25, 0.3) is 0 Å². The van der Waals surface area contributed by atoms with Gasteiger partial charge in [0.1, 0.15) is 0 Å². The van der Waals surface area contributed by atoms with Crippen LogP contribution in [-0.4, -0.2) is 40.1 Å². The molecular weight excluding hydrogens is 314 g/mol. The molecule has 0 bridgehead atoms. The van der Waals surface area contributed by atoms with Gasteiger partial charge in [-0.05, 0) is 0 Å². The van der Waals surface area contributed by atoms with Crippen LogP contribution in [-0.2, 0) is 23.1 Å². The van der Waals surface area contributed by atoms with Crippen LogP contribution in [0.1, 0.15) is 6.92 Å². The predicted octanol–water partition coefficient (Wildman–Crippen LogP) is 3.41. The molecule has 120 valence electrons. The molecule has 11 heteroatoms. The van der Waals surface area contributed by atoms with Crippen LogP contribution in [0.15, 0.2) is 11.1 Å². The van der Waals surface area contributed by atoms with Crippen LogP contribution in [0, 0.1) is 0 Å². The van der Waals surface area contributed by atoms with Crippen molar-refractivity contribution in [3.63, 3.8) is 0 Å². The van der Waals surface area contributed by atoms with E-state index in [-0.39, 0.29) is 0 Å². The minimum absolute atomic E-state index is 0.471. The number of carbonyl (C=O) groups excluding carboxylic acids is 1. The number of halogens is 5. The van der Waals surface area contributed by atoms with Gasteiger partial charge in [-0.15, -0.1) is 0 Å². The number of hydrogen-bond acceptors (Lipinski definition) is 5. The molecule has 0 rings (SSSR count). The normalized spacial score (nSPS) is 16.1. The Balaban J connectivity index is 6.28. The molecule has 0 saturated carbocycles. The Bertz CT molecular complexity index is 393. The SMILES string of the molecule is CCOC(=O)C(=C(F)P(F)(OC)(OC)OC)C(F)(F)F. The van der Waals surface area contributed by atoms with Gasteiger partial charge in [-0.1, -0.05) is 0 Å². The first-order valence-corrected chi connectivity index (χ1v) is 6.96. The van der Waals surface area contributed by atoms with E-state index in [1.54, 1.807) is 0 Å². The van der Waals surface area contributed by atoms with Crippen molar-refractivity contribution < 1.29 is 44.9 Å². The van der Waals surface area contributed by atoms with Crippen molar-refractivity contribution in [1.29, 1.82) is 0 Å². The van der Waals surface area contributed by atoms with Crippen LogP contribution in [0.4, 0.5) is 21.8 Å². The summed E-state index contributed by atoms with van der Waals surface area (Å²) in [5.41, 5.74) is -5.14. The summed E-state index contributed by atoms with van der Waals surface area (Å²) in [6.07, 6.45) is -5.53. The fourth-order valence-electron chi connectivity index (χ4n) is 1.16. The molecule has 0 aromatic heterocycles. The van der Waals surface area contributed by atoms with E-state index in [9.17, 15) is 26.6 Å². The van der Waals surface area contributed by atoms with E-state index in [1.807, 2.05) is 0 Å². The van der Waals surface area contributed by atoms with E-state index in [4.69, 9.17) is 0 Å². The van der Waals surface area contributed by atoms with Gasteiger partial charge in [-0.25, -0.2) is 0 Å². The molecule has 5 nitrogen and oxygen atoms in total. The summed E-state index contributed by atoms with van der Waals surface area (Å²) in [6.45, 7) is 0.725. The van der Waals surface area contributed by atoms with Gasteiger partial charge >= 0.3 is 111 Å². The molecule has 0 radical (unpaired) electrons. The molecule has 20 heavy (non-hydrogen) atoms. The molecule has 0 atom stereocenters. The van der Waals surface area contributed by atoms with Crippen molar-refractivity contribution in [2.45, 2.75) is 13.1 Å². The Labute approximate surface area is 111 Å². The van der Waals surface area contributed by atoms with Crippen molar-refractivity contribution >= 4 is 13.6 Å². The standard InChI is InChI=1S/C9H14F5O5P/c1-5-19-8(15)6(9(11,12)13)7(10)20(14,16-2,17-3)18-4/h5H2,1-4H3. The third-order valence-corrected chi connectivity index (χ3v) is 4.92. The average Bonchev–Trinajstić information content (AvgIpc) is 2.37. The van der Waals surface area contributed by atoms with Gasteiger partial charge in [-0.3, -0.25) is 0 Å². The molecular formula is C9H14F5O5P. The molecule has 0 heterocycles. The fraction of sp³-hybridized carbons (Fsp3) is 0.667. The molecule has 0 aromatic carbocycles. The predicted molar refractivity (Wildman–Crippen MR) is 59.9 cm³/mol. The molecule has 0 aromatic rings. The summed E-state index contributed by atoms with van der Waals surface area (Å²) >= 11 is 0. The van der Waals surface area contributed by atoms with Crippen LogP contribution in [0.25, 0.3) is 0 Å². The molecule has 0 spiro atoms. The number of hydrogen-bond donors (Lipinski definition) is 0. The fourth-order valence-corrected chi connectivity index (χ4v) is 2.67. The molecule has 0 aliphatic heterocycles. The second-order valence-electron chi connectivity index (χ2n) is 3.22. The Morgan fingerprint density at radius 2 is 1.50 bits per heavy atom. The maximum atomic E-state index is 14.5. The molecule has 0 amide bonds. The summed E-state index contributed by atoms with van der Waals surface area (Å²) in [5.74, 6) is -2.10. The van der Waals surface area contributed by atoms with Crippen molar-refractivity contribution in [3.8, 4) is 0 Å². The summed E-state index contributed by atoms with van der Waals surface area (Å²) < 4.78 is 83.0. The van der Waals surface area contributed by atoms with E-state index in [0.29, 0.717) is 21.3 Å². The second-order valence-corrected chi connectivity index (χ2v) is 6.29. The zero-order valence-electron chi connectivity index (χ0n) is 11.1. The number of carbonyl (C=O) groups is 1. The van der Waals surface area contributed by atoms with Gasteiger partial charge in [0.05, 0.1) is 0 Å². The summed E-state index contributed by atoms with van der Waals surface area (Å²) in [4.78, 5) is 11.2. The van der Waals surface area contributed by atoms with Crippen LogP contribution < -0.4 is 0 Å². The maximum absolute atomic E-state index is 14.5. The molecule has 0 aliphatic rings. The van der Waals surface area contributed by atoms with Crippen LogP contribution in [0.2, 0.25) is 0 Å². The van der Waals surface area contributed by atoms with Crippen LogP contribution in [0.5, 0.6) is 0 Å². The van der Waals surface area contributed by atoms with Gasteiger partial charge in [0.2, 0.25) is 0 Å². The molecule has 0 fully saturated rings. The molecule has 0 N–H and O–H groups in total. The van der Waals surface area contributed by atoms with Crippen molar-refractivity contribution in [2.75, 3.05) is 27.9 Å². The second kappa shape index (κ2) is 6.30. The Kier molecular flexibility index (Phi) is 6.03. The van der Waals surface area contributed by atoms with Gasteiger partial charge < -0.3 is 0 Å². The Morgan fingerprint density at radius 3 is 1.75 bits per heavy atom. The van der Waals surface area contributed by atoms with E-state index in [0.717, 1.165) is 0 Å². The van der Waals surface area contributed by atoms with E-state index >= 15 is 0 Å². The number of esters is 1. The Morgan fingerprint density at radius 1 is 1.10 bits per heavy atom. The quantitative estimate of drug-likeness (QED) is 0.324. The third-order valence-electron chi connectivity index (χ3n) is 2.21. The van der Waals surface area contributed by atoms with Crippen molar-refractivity contribution in [1.82, 2.24) is 0 Å². The zero-order valence-corrected chi connectivity index (χ0v) is 12.0. The first-order valence-electron chi connectivity index (χ1n) is 5.08. The first-order chi connectivity index (χ1) is 9.00. The van der Waals surface area contributed by atoms with Crippen molar-refractivity contribution in [2.24, 2.45) is 0 Å². The number of ether oxygens (including phenoxy) is 1. The van der Waals surface area contributed by atoms with E-state index < -0.39 is 37.5 Å². The third kappa shape index (κ3) is 3.43. The number of alkyl halides is 3. The van der Waals surface area contributed by atoms with Gasteiger partial charge in [0.15, 0.2) is 0 Å². The summed E-state index contributed by atoms with van der Waals surface area (Å²) in [5, 5.41) is 0. The molecule has 0 saturated heterocycles. The van der Waals surface area contributed by atoms with Gasteiger partial charge in [-0.2, -0.15) is 0 Å². The molecule has 0 aliphatic carbocycles. The first kappa shape index (κ1) is 19.2. The topological polar surface area (TPSA) is 54.0 Å². The average molecular weight is 328 g/mol. The zero-order chi connectivity index (χ0) is 16.2. The summed E-state index contributed by atoms with van der Waals surface area (Å²) in [6, 6.07) is 0. The number of rotatable bonds is 6. The van der Waals surface area contributed by atoms with Crippen LogP contribution in [0.3, 0.4) is 0 Å². The summed E-state index contributed by atoms with van der Waals surface area (Å²) in [7, 11) is -4.74. The van der Waals surface area contributed by atoms with Crippen LogP contribution >= 0.6 is 7.59 Å². The minimum atomic E-state index is -6.38. The monoisotopic (exact) mass is 328 g/mol. The molecule has 0 unspecified atom stereocenters. The van der Waals surface area contributed by atoms with Crippen molar-refractivity contribution in [3.05, 3.63) is 11.1 Å².